The number of nitrogens with one attached hydrogen (secondary N) is 1. The van der Waals surface area contributed by atoms with Crippen LogP contribution in [0.25, 0.3) is 0 Å². The second-order valence-electron chi connectivity index (χ2n) is 5.12. The van der Waals surface area contributed by atoms with Gasteiger partial charge in [0.05, 0.1) is 20.3 Å². The van der Waals surface area contributed by atoms with E-state index in [2.05, 4.69) is 22.2 Å². The lowest BCUT2D eigenvalue weighted by molar-refractivity contribution is 0.0928. The molecule has 7 nitrogen and oxygen atoms in total. The Morgan fingerprint density at radius 2 is 2.13 bits per heavy atom. The molecule has 2 heterocycles. The zero-order chi connectivity index (χ0) is 16.8. The summed E-state index contributed by atoms with van der Waals surface area (Å²) in [5.74, 6) is 1.20. The van der Waals surface area contributed by atoms with E-state index < -0.39 is 0 Å². The van der Waals surface area contributed by atoms with Crippen LogP contribution in [0.1, 0.15) is 42.0 Å². The molecule has 0 radical (unpaired) electrons. The fourth-order valence-corrected chi connectivity index (χ4v) is 2.37. The van der Waals surface area contributed by atoms with Gasteiger partial charge in [-0.25, -0.2) is 4.98 Å². The second-order valence-corrected chi connectivity index (χ2v) is 5.12. The minimum Gasteiger partial charge on any atom is -0.481 e. The Bertz CT molecular complexity index is 669. The first-order chi connectivity index (χ1) is 11.1. The number of aromatic nitrogens is 3. The molecule has 0 aliphatic carbocycles. The number of amides is 1. The molecule has 1 unspecified atom stereocenters. The third-order valence-electron chi connectivity index (χ3n) is 3.53. The van der Waals surface area contributed by atoms with Gasteiger partial charge < -0.3 is 19.4 Å². The molecular formula is C16H22N4O3. The van der Waals surface area contributed by atoms with Crippen molar-refractivity contribution in [1.29, 1.82) is 0 Å². The Balaban J connectivity index is 2.24. The molecule has 0 aliphatic heterocycles. The molecule has 1 amide bonds. The minimum atomic E-state index is -0.251. The molecule has 7 heteroatoms. The lowest BCUT2D eigenvalue weighted by Gasteiger charge is -2.18. The summed E-state index contributed by atoms with van der Waals surface area (Å²) in [6.45, 7) is 2.07. The molecule has 0 bridgehead atoms. The zero-order valence-corrected chi connectivity index (χ0v) is 13.9. The number of rotatable bonds is 7. The number of hydrogen-bond donors (Lipinski definition) is 1. The Morgan fingerprint density at radius 3 is 2.70 bits per heavy atom. The number of carbonyl (C=O) groups excluding carboxylic acids is 1. The van der Waals surface area contributed by atoms with Gasteiger partial charge in [-0.05, 0) is 12.5 Å². The first-order valence-corrected chi connectivity index (χ1v) is 7.47. The molecule has 0 spiro atoms. The molecule has 1 N–H and O–H groups in total. The van der Waals surface area contributed by atoms with Gasteiger partial charge in [-0.2, -0.15) is 4.98 Å². The number of aryl methyl sites for hydroxylation is 1. The summed E-state index contributed by atoms with van der Waals surface area (Å²) in [6, 6.07) is 3.10. The molecule has 1 atom stereocenters. The summed E-state index contributed by atoms with van der Waals surface area (Å²) < 4.78 is 12.1. The third-order valence-corrected chi connectivity index (χ3v) is 3.53. The van der Waals surface area contributed by atoms with Crippen LogP contribution in [0.2, 0.25) is 0 Å². The molecule has 2 rings (SSSR count). The fourth-order valence-electron chi connectivity index (χ4n) is 2.37. The van der Waals surface area contributed by atoms with Crippen LogP contribution in [0.5, 0.6) is 11.8 Å². The molecule has 0 saturated heterocycles. The third kappa shape index (κ3) is 3.80. The van der Waals surface area contributed by atoms with E-state index in [4.69, 9.17) is 9.47 Å². The molecule has 2 aromatic rings. The van der Waals surface area contributed by atoms with E-state index in [0.29, 0.717) is 11.4 Å². The topological polar surface area (TPSA) is 78.3 Å². The first kappa shape index (κ1) is 16.8. The Kier molecular flexibility index (Phi) is 5.56. The highest BCUT2D eigenvalue weighted by Gasteiger charge is 2.21. The number of pyridine rings is 1. The van der Waals surface area contributed by atoms with Crippen LogP contribution >= 0.6 is 0 Å². The van der Waals surface area contributed by atoms with Crippen molar-refractivity contribution in [2.24, 2.45) is 7.05 Å². The summed E-state index contributed by atoms with van der Waals surface area (Å²) in [4.78, 5) is 21.1. The molecule has 124 valence electrons. The van der Waals surface area contributed by atoms with Crippen molar-refractivity contribution >= 4 is 5.91 Å². The summed E-state index contributed by atoms with van der Waals surface area (Å²) in [5.41, 5.74) is 0.364. The van der Waals surface area contributed by atoms with E-state index in [1.165, 1.54) is 14.2 Å². The largest absolute Gasteiger partial charge is 0.481 e. The van der Waals surface area contributed by atoms with Gasteiger partial charge in [0, 0.05) is 25.5 Å². The van der Waals surface area contributed by atoms with Crippen LogP contribution in [-0.2, 0) is 7.05 Å². The monoisotopic (exact) mass is 318 g/mol. The van der Waals surface area contributed by atoms with Gasteiger partial charge in [0.1, 0.15) is 11.4 Å². The van der Waals surface area contributed by atoms with Crippen molar-refractivity contribution in [3.63, 3.8) is 0 Å². The van der Waals surface area contributed by atoms with E-state index in [1.807, 2.05) is 17.8 Å². The van der Waals surface area contributed by atoms with Crippen molar-refractivity contribution in [2.45, 2.75) is 25.8 Å². The number of nitrogens with zero attached hydrogens (tertiary/aromatic N) is 3. The van der Waals surface area contributed by atoms with Crippen LogP contribution in [0.4, 0.5) is 0 Å². The highest BCUT2D eigenvalue weighted by Crippen LogP contribution is 2.22. The van der Waals surface area contributed by atoms with Crippen molar-refractivity contribution < 1.29 is 14.3 Å². The maximum atomic E-state index is 12.6. The molecule has 0 aromatic carbocycles. The summed E-state index contributed by atoms with van der Waals surface area (Å²) in [7, 11) is 4.90. The highest BCUT2D eigenvalue weighted by molar-refractivity contribution is 5.96. The molecule has 0 aliphatic rings. The van der Waals surface area contributed by atoms with E-state index in [-0.39, 0.29) is 17.8 Å². The molecule has 23 heavy (non-hydrogen) atoms. The second kappa shape index (κ2) is 7.62. The maximum absolute atomic E-state index is 12.6. The number of methoxy groups -OCH3 is 2. The summed E-state index contributed by atoms with van der Waals surface area (Å²) in [6.07, 6.45) is 5.30. The van der Waals surface area contributed by atoms with Crippen LogP contribution in [-0.4, -0.2) is 34.7 Å². The normalized spacial score (nSPS) is 11.8. The zero-order valence-electron chi connectivity index (χ0n) is 13.9. The standard InChI is InChI=1S/C16H22N4O3/c1-5-6-12(14-17-9-10-20(14)2)18-15(21)11-7-8-13(22-3)19-16(11)23-4/h7-10,12H,5-6H2,1-4H3,(H,18,21). The number of ether oxygens (including phenoxy) is 2. The highest BCUT2D eigenvalue weighted by atomic mass is 16.5. The number of carbonyl (C=O) groups is 1. The van der Waals surface area contributed by atoms with Gasteiger partial charge in [0.15, 0.2) is 0 Å². The smallest absolute Gasteiger partial charge is 0.257 e. The average Bonchev–Trinajstić information content (AvgIpc) is 2.99. The Hall–Kier alpha value is -2.57. The van der Waals surface area contributed by atoms with Crippen LogP contribution in [0.3, 0.4) is 0 Å². The quantitative estimate of drug-likeness (QED) is 0.846. The van der Waals surface area contributed by atoms with Gasteiger partial charge in [0.25, 0.3) is 5.91 Å². The van der Waals surface area contributed by atoms with E-state index in [9.17, 15) is 4.79 Å². The molecule has 0 fully saturated rings. The van der Waals surface area contributed by atoms with Crippen LogP contribution in [0, 0.1) is 0 Å². The van der Waals surface area contributed by atoms with Crippen molar-refractivity contribution in [3.8, 4) is 11.8 Å². The Labute approximate surface area is 135 Å². The summed E-state index contributed by atoms with van der Waals surface area (Å²) >= 11 is 0. The predicted octanol–water partition coefficient (Wildman–Crippen LogP) is 2.10. The molecule has 2 aromatic heterocycles. The maximum Gasteiger partial charge on any atom is 0.257 e. The van der Waals surface area contributed by atoms with Gasteiger partial charge in [-0.3, -0.25) is 4.79 Å². The van der Waals surface area contributed by atoms with Gasteiger partial charge in [-0.15, -0.1) is 0 Å². The van der Waals surface area contributed by atoms with E-state index in [0.717, 1.165) is 18.7 Å². The lowest BCUT2D eigenvalue weighted by Crippen LogP contribution is -2.30. The predicted molar refractivity (Wildman–Crippen MR) is 85.7 cm³/mol. The van der Waals surface area contributed by atoms with Crippen molar-refractivity contribution in [3.05, 3.63) is 35.9 Å². The van der Waals surface area contributed by atoms with Crippen LogP contribution in [0.15, 0.2) is 24.5 Å². The van der Waals surface area contributed by atoms with E-state index in [1.54, 1.807) is 18.3 Å². The van der Waals surface area contributed by atoms with Gasteiger partial charge >= 0.3 is 0 Å². The fraction of sp³-hybridized carbons (Fsp3) is 0.438. The van der Waals surface area contributed by atoms with Crippen LogP contribution < -0.4 is 14.8 Å². The average molecular weight is 318 g/mol. The van der Waals surface area contributed by atoms with Crippen molar-refractivity contribution in [1.82, 2.24) is 19.9 Å². The van der Waals surface area contributed by atoms with Gasteiger partial charge in [-0.1, -0.05) is 13.3 Å². The SMILES string of the molecule is CCCC(NC(=O)c1ccc(OC)nc1OC)c1nccn1C. The Morgan fingerprint density at radius 1 is 1.35 bits per heavy atom. The first-order valence-electron chi connectivity index (χ1n) is 7.47. The lowest BCUT2D eigenvalue weighted by atomic mass is 10.1. The number of imidazole rings is 1. The van der Waals surface area contributed by atoms with Crippen molar-refractivity contribution in [2.75, 3.05) is 14.2 Å². The minimum absolute atomic E-state index is 0.167. The van der Waals surface area contributed by atoms with E-state index >= 15 is 0 Å². The summed E-state index contributed by atoms with van der Waals surface area (Å²) in [5, 5.41) is 3.01. The van der Waals surface area contributed by atoms with Gasteiger partial charge in [0.2, 0.25) is 11.8 Å². The molecular weight excluding hydrogens is 296 g/mol. The molecule has 0 saturated carbocycles. The number of hydrogen-bond acceptors (Lipinski definition) is 5.